The largest absolute Gasteiger partial charge is 0.481 e. The van der Waals surface area contributed by atoms with E-state index in [1.165, 1.54) is 0 Å². The van der Waals surface area contributed by atoms with Gasteiger partial charge in [0.25, 0.3) is 10.1 Å². The minimum Gasteiger partial charge on any atom is -0.481 e. The molecule has 6 nitrogen and oxygen atoms in total. The van der Waals surface area contributed by atoms with Gasteiger partial charge in [-0.1, -0.05) is 39.7 Å². The molecule has 3 rings (SSSR count). The zero-order valence-corrected chi connectivity index (χ0v) is 21.8. The first kappa shape index (κ1) is 26.5. The highest BCUT2D eigenvalue weighted by Gasteiger charge is 2.57. The molecule has 0 aromatic heterocycles. The van der Waals surface area contributed by atoms with Crippen LogP contribution < -0.4 is 0 Å². The van der Waals surface area contributed by atoms with Crippen molar-refractivity contribution in [3.05, 3.63) is 28.8 Å². The first-order chi connectivity index (χ1) is 15.4. The molecule has 1 saturated carbocycles. The van der Waals surface area contributed by atoms with Crippen molar-refractivity contribution in [1.29, 1.82) is 0 Å². The number of ether oxygens (including phenoxy) is 1. The van der Waals surface area contributed by atoms with E-state index >= 15 is 0 Å². The van der Waals surface area contributed by atoms with E-state index in [1.54, 1.807) is 6.07 Å². The van der Waals surface area contributed by atoms with E-state index < -0.39 is 26.9 Å². The zero-order chi connectivity index (χ0) is 24.6. The molecule has 33 heavy (non-hydrogen) atoms. The minimum atomic E-state index is -4.43. The molecule has 0 spiro atoms. The highest BCUT2D eigenvalue weighted by molar-refractivity contribution is 7.85. The molecule has 0 bridgehead atoms. The Morgan fingerprint density at radius 2 is 1.91 bits per heavy atom. The minimum absolute atomic E-state index is 0.0757. The second kappa shape index (κ2) is 9.88. The Balaban J connectivity index is 2.16. The molecule has 2 aliphatic rings. The third-order valence-corrected chi connectivity index (χ3v) is 9.26. The lowest BCUT2D eigenvalue weighted by molar-refractivity contribution is -0.159. The van der Waals surface area contributed by atoms with Gasteiger partial charge in [0.15, 0.2) is 0 Å². The van der Waals surface area contributed by atoms with Gasteiger partial charge in [-0.25, -0.2) is 0 Å². The van der Waals surface area contributed by atoms with Crippen molar-refractivity contribution in [1.82, 2.24) is 0 Å². The number of rotatable bonds is 9. The van der Waals surface area contributed by atoms with Crippen LogP contribution >= 0.6 is 12.6 Å². The van der Waals surface area contributed by atoms with Crippen LogP contribution in [0.4, 0.5) is 0 Å². The van der Waals surface area contributed by atoms with Crippen molar-refractivity contribution in [2.45, 2.75) is 95.0 Å². The molecule has 186 valence electrons. The Kier molecular flexibility index (Phi) is 7.94. The molecule has 0 heterocycles. The molecule has 8 heteroatoms. The Morgan fingerprint density at radius 3 is 2.48 bits per heavy atom. The average molecular weight is 499 g/mol. The maximum Gasteiger partial charge on any atom is 0.309 e. The van der Waals surface area contributed by atoms with Gasteiger partial charge in [-0.2, -0.15) is 21.0 Å². The Morgan fingerprint density at radius 1 is 1.21 bits per heavy atom. The average Bonchev–Trinajstić information content (AvgIpc) is 2.72. The first-order valence-electron chi connectivity index (χ1n) is 12.0. The van der Waals surface area contributed by atoms with Gasteiger partial charge in [-0.15, -0.1) is 0 Å². The van der Waals surface area contributed by atoms with Crippen LogP contribution in [0.3, 0.4) is 0 Å². The van der Waals surface area contributed by atoms with Crippen molar-refractivity contribution >= 4 is 28.7 Å². The summed E-state index contributed by atoms with van der Waals surface area (Å²) in [6.45, 7) is 8.24. The summed E-state index contributed by atoms with van der Waals surface area (Å²) in [6, 6.07) is 3.49. The second-order valence-corrected chi connectivity index (χ2v) is 12.4. The van der Waals surface area contributed by atoms with E-state index in [-0.39, 0.29) is 22.8 Å². The summed E-state index contributed by atoms with van der Waals surface area (Å²) in [5.41, 5.74) is 0.880. The highest BCUT2D eigenvalue weighted by Crippen LogP contribution is 2.60. The van der Waals surface area contributed by atoms with Crippen LogP contribution in [0, 0.1) is 11.3 Å². The molecule has 2 N–H and O–H groups in total. The number of aliphatic carboxylic acids is 1. The van der Waals surface area contributed by atoms with Gasteiger partial charge >= 0.3 is 5.97 Å². The van der Waals surface area contributed by atoms with Gasteiger partial charge in [-0.05, 0) is 84.8 Å². The standard InChI is InChI=1S/C25H38O6S2/c1-16(2)17-13-18-19(14-21(17)33(28,29)30)24(3)9-8-10-25(4,23(26)27)22(24)15-20(18)31-11-6-5-7-12-32/h13-14,16,20,22,32H,5-12,15H2,1-4H3,(H,26,27)(H,28,29,30)/t20?,22-,24?,25-/m1/s1. The fourth-order valence-corrected chi connectivity index (χ4v) is 7.22. The molecule has 2 unspecified atom stereocenters. The summed E-state index contributed by atoms with van der Waals surface area (Å²) in [7, 11) is -4.43. The summed E-state index contributed by atoms with van der Waals surface area (Å²) in [4.78, 5) is 12.3. The predicted octanol–water partition coefficient (Wildman–Crippen LogP) is 5.77. The van der Waals surface area contributed by atoms with Crippen molar-refractivity contribution in [2.24, 2.45) is 11.3 Å². The van der Waals surface area contributed by atoms with Gasteiger partial charge in [0, 0.05) is 6.61 Å². The number of benzene rings is 1. The number of carboxylic acids is 1. The van der Waals surface area contributed by atoms with Gasteiger partial charge < -0.3 is 9.84 Å². The summed E-state index contributed by atoms with van der Waals surface area (Å²) < 4.78 is 41.0. The number of carboxylic acid groups (broad SMARTS) is 1. The topological polar surface area (TPSA) is 101 Å². The van der Waals surface area contributed by atoms with E-state index in [0.717, 1.165) is 49.0 Å². The molecular weight excluding hydrogens is 460 g/mol. The summed E-state index contributed by atoms with van der Waals surface area (Å²) in [5.74, 6) is -0.294. The first-order valence-corrected chi connectivity index (χ1v) is 14.0. The number of unbranched alkanes of at least 4 members (excludes halogenated alkanes) is 2. The molecule has 1 fully saturated rings. The third-order valence-electron chi connectivity index (χ3n) is 8.03. The van der Waals surface area contributed by atoms with Crippen LogP contribution in [0.25, 0.3) is 0 Å². The molecule has 0 aliphatic heterocycles. The Bertz CT molecular complexity index is 989. The highest BCUT2D eigenvalue weighted by atomic mass is 32.2. The monoisotopic (exact) mass is 498 g/mol. The SMILES string of the molecule is CC(C)c1cc2c(cc1S(=O)(=O)O)C1(C)CCC[C@@](C)(C(=O)O)[C@@H]1CC2OCCCCCS. The quantitative estimate of drug-likeness (QED) is 0.227. The Labute approximate surface area is 203 Å². The van der Waals surface area contributed by atoms with E-state index in [9.17, 15) is 22.9 Å². The van der Waals surface area contributed by atoms with Gasteiger partial charge in [0.1, 0.15) is 0 Å². The fraction of sp³-hybridized carbons (Fsp3) is 0.720. The predicted molar refractivity (Wildman–Crippen MR) is 132 cm³/mol. The van der Waals surface area contributed by atoms with Crippen LogP contribution in [0.15, 0.2) is 17.0 Å². The van der Waals surface area contributed by atoms with Crippen molar-refractivity contribution in [3.63, 3.8) is 0 Å². The molecule has 0 amide bonds. The van der Waals surface area contributed by atoms with Crippen molar-refractivity contribution < 1.29 is 27.6 Å². The molecule has 0 saturated heterocycles. The fourth-order valence-electron chi connectivity index (χ4n) is 6.14. The third kappa shape index (κ3) is 5.00. The maximum absolute atomic E-state index is 12.4. The molecule has 4 atom stereocenters. The second-order valence-electron chi connectivity index (χ2n) is 10.5. The molecule has 1 aromatic carbocycles. The number of thiol groups is 1. The number of hydrogen-bond donors (Lipinski definition) is 3. The number of hydrogen-bond acceptors (Lipinski definition) is 5. The summed E-state index contributed by atoms with van der Waals surface area (Å²) in [5, 5.41) is 10.2. The number of fused-ring (bicyclic) bond motifs is 3. The lowest BCUT2D eigenvalue weighted by Gasteiger charge is -2.55. The van der Waals surface area contributed by atoms with Gasteiger partial charge in [0.05, 0.1) is 16.4 Å². The van der Waals surface area contributed by atoms with Crippen molar-refractivity contribution in [2.75, 3.05) is 12.4 Å². The van der Waals surface area contributed by atoms with Crippen LogP contribution in [0.1, 0.15) is 101 Å². The van der Waals surface area contributed by atoms with E-state index in [2.05, 4.69) is 19.6 Å². The smallest absolute Gasteiger partial charge is 0.309 e. The summed E-state index contributed by atoms with van der Waals surface area (Å²) in [6.07, 6.45) is 5.30. The van der Waals surface area contributed by atoms with Gasteiger partial charge in [-0.3, -0.25) is 9.35 Å². The normalized spacial score (nSPS) is 29.5. The van der Waals surface area contributed by atoms with E-state index in [0.29, 0.717) is 25.0 Å². The van der Waals surface area contributed by atoms with Crippen LogP contribution in [-0.4, -0.2) is 36.4 Å². The van der Waals surface area contributed by atoms with Crippen molar-refractivity contribution in [3.8, 4) is 0 Å². The zero-order valence-electron chi connectivity index (χ0n) is 20.1. The van der Waals surface area contributed by atoms with Crippen LogP contribution in [0.2, 0.25) is 0 Å². The Hall–Kier alpha value is -1.09. The molecular formula is C25H38O6S2. The van der Waals surface area contributed by atoms with E-state index in [1.807, 2.05) is 26.8 Å². The maximum atomic E-state index is 12.4. The lowest BCUT2D eigenvalue weighted by Crippen LogP contribution is -2.53. The molecule has 2 aliphatic carbocycles. The molecule has 0 radical (unpaired) electrons. The van der Waals surface area contributed by atoms with Gasteiger partial charge in [0.2, 0.25) is 0 Å². The number of carbonyl (C=O) groups is 1. The molecule has 1 aromatic rings. The van der Waals surface area contributed by atoms with E-state index in [4.69, 9.17) is 4.74 Å². The summed E-state index contributed by atoms with van der Waals surface area (Å²) >= 11 is 4.26. The lowest BCUT2D eigenvalue weighted by atomic mass is 9.49. The van der Waals surface area contributed by atoms with Crippen LogP contribution in [-0.2, 0) is 25.1 Å². The van der Waals surface area contributed by atoms with Crippen LogP contribution in [0.5, 0.6) is 0 Å².